The van der Waals surface area contributed by atoms with Crippen molar-refractivity contribution in [1.29, 1.82) is 0 Å². The number of esters is 1. The molecule has 0 aromatic rings. The van der Waals surface area contributed by atoms with Gasteiger partial charge >= 0.3 is 13.8 Å². The normalized spacial score (nSPS) is 13.9. The molecule has 0 aliphatic carbocycles. The number of allylic oxidation sites excluding steroid dienone is 4. The molecular weight excluding hydrogens is 557 g/mol. The second-order valence-electron chi connectivity index (χ2n) is 10.8. The fraction of sp³-hybridized carbons (Fsp3) is 0.812. The van der Waals surface area contributed by atoms with Crippen LogP contribution in [-0.2, 0) is 27.9 Å². The van der Waals surface area contributed by atoms with E-state index in [-0.39, 0.29) is 32.1 Å². The molecule has 3 N–H and O–H groups in total. The number of amides is 1. The molecule has 0 bridgehead atoms. The summed E-state index contributed by atoms with van der Waals surface area (Å²) >= 11 is 0. The Hall–Kier alpha value is -1.51. The lowest BCUT2D eigenvalue weighted by atomic mass is 10.1. The molecule has 0 aliphatic heterocycles. The summed E-state index contributed by atoms with van der Waals surface area (Å²) in [6.45, 7) is 3.41. The Bertz CT molecular complexity index is 759. The first-order valence-corrected chi connectivity index (χ1v) is 17.8. The highest BCUT2D eigenvalue weighted by atomic mass is 31.2. The predicted molar refractivity (Wildman–Crippen MR) is 169 cm³/mol. The van der Waals surface area contributed by atoms with E-state index in [9.17, 15) is 24.2 Å². The quantitative estimate of drug-likeness (QED) is 0.0323. The van der Waals surface area contributed by atoms with Crippen LogP contribution in [0.4, 0.5) is 0 Å². The van der Waals surface area contributed by atoms with E-state index in [0.29, 0.717) is 6.42 Å². The number of aliphatic hydroxyl groups is 1. The monoisotopic (exact) mass is 617 g/mol. The van der Waals surface area contributed by atoms with Crippen LogP contribution >= 0.6 is 7.82 Å². The zero-order valence-electron chi connectivity index (χ0n) is 26.4. The molecule has 0 rings (SSSR count). The molecule has 1 amide bonds. The number of carbonyl (C=O) groups is 2. The van der Waals surface area contributed by atoms with Crippen LogP contribution in [0.15, 0.2) is 24.3 Å². The van der Waals surface area contributed by atoms with Gasteiger partial charge in [-0.3, -0.25) is 18.6 Å². The van der Waals surface area contributed by atoms with Gasteiger partial charge in [0, 0.05) is 19.4 Å². The number of phosphoric ester groups is 1. The smallest absolute Gasteiger partial charge is 0.463 e. The third kappa shape index (κ3) is 30.0. The van der Waals surface area contributed by atoms with Gasteiger partial charge in [0.25, 0.3) is 0 Å². The van der Waals surface area contributed by atoms with Gasteiger partial charge in [0.15, 0.2) is 0 Å². The summed E-state index contributed by atoms with van der Waals surface area (Å²) in [5.74, 6) is -0.542. The van der Waals surface area contributed by atoms with Crippen LogP contribution in [0.1, 0.15) is 136 Å². The fourth-order valence-electron chi connectivity index (χ4n) is 4.11. The van der Waals surface area contributed by atoms with Crippen LogP contribution in [0, 0.1) is 0 Å². The average molecular weight is 618 g/mol. The standard InChI is InChI=1S/C32H60NO8P/c1-3-5-7-9-11-12-13-14-15-16-17-18-19-21-23-25-32(36)39-28-30(34)29-41-42(37,38)40-27-26-33-31(35)24-22-20-10-8-6-4-2/h11-12,14-15,30,34H,3-10,13,16-29H2,1-2H3,(H,33,35)(H,37,38)/b12-11-,15-14-. The summed E-state index contributed by atoms with van der Waals surface area (Å²) in [6.07, 6.45) is 27.0. The van der Waals surface area contributed by atoms with Gasteiger partial charge in [0.2, 0.25) is 5.91 Å². The molecule has 0 spiro atoms. The number of hydrogen-bond acceptors (Lipinski definition) is 7. The van der Waals surface area contributed by atoms with Gasteiger partial charge in [-0.25, -0.2) is 4.57 Å². The first kappa shape index (κ1) is 40.5. The van der Waals surface area contributed by atoms with Crippen molar-refractivity contribution in [3.05, 3.63) is 24.3 Å². The number of ether oxygens (including phenoxy) is 1. The summed E-state index contributed by atoms with van der Waals surface area (Å²) in [7, 11) is -4.40. The van der Waals surface area contributed by atoms with Crippen LogP contribution in [-0.4, -0.2) is 54.3 Å². The topological polar surface area (TPSA) is 131 Å². The highest BCUT2D eigenvalue weighted by molar-refractivity contribution is 7.47. The molecule has 2 atom stereocenters. The second kappa shape index (κ2) is 29.6. The van der Waals surface area contributed by atoms with Gasteiger partial charge in [-0.15, -0.1) is 0 Å². The molecule has 10 heteroatoms. The van der Waals surface area contributed by atoms with E-state index < -0.39 is 26.5 Å². The number of rotatable bonds is 30. The zero-order chi connectivity index (χ0) is 31.2. The molecule has 0 radical (unpaired) electrons. The molecular formula is C32H60NO8P. The minimum atomic E-state index is -4.40. The Morgan fingerprint density at radius 2 is 1.29 bits per heavy atom. The van der Waals surface area contributed by atoms with E-state index in [1.165, 1.54) is 44.9 Å². The summed E-state index contributed by atoms with van der Waals surface area (Å²) in [4.78, 5) is 33.4. The number of phosphoric acid groups is 1. The third-order valence-corrected chi connectivity index (χ3v) is 7.62. The van der Waals surface area contributed by atoms with Crippen molar-refractivity contribution in [3.63, 3.8) is 0 Å². The number of aliphatic hydroxyl groups excluding tert-OH is 1. The largest absolute Gasteiger partial charge is 0.472 e. The van der Waals surface area contributed by atoms with E-state index in [0.717, 1.165) is 64.2 Å². The van der Waals surface area contributed by atoms with Crippen LogP contribution < -0.4 is 5.32 Å². The van der Waals surface area contributed by atoms with Crippen LogP contribution in [0.3, 0.4) is 0 Å². The van der Waals surface area contributed by atoms with Crippen LogP contribution in [0.2, 0.25) is 0 Å². The van der Waals surface area contributed by atoms with E-state index in [2.05, 4.69) is 43.5 Å². The highest BCUT2D eigenvalue weighted by Crippen LogP contribution is 2.42. The average Bonchev–Trinajstić information content (AvgIpc) is 2.97. The zero-order valence-corrected chi connectivity index (χ0v) is 27.3. The van der Waals surface area contributed by atoms with E-state index in [4.69, 9.17) is 13.8 Å². The van der Waals surface area contributed by atoms with E-state index in [1.807, 2.05) is 0 Å². The molecule has 246 valence electrons. The number of nitrogens with one attached hydrogen (secondary N) is 1. The van der Waals surface area contributed by atoms with Crippen molar-refractivity contribution in [2.24, 2.45) is 0 Å². The Balaban J connectivity index is 3.68. The highest BCUT2D eigenvalue weighted by Gasteiger charge is 2.23. The first-order chi connectivity index (χ1) is 20.3. The van der Waals surface area contributed by atoms with E-state index >= 15 is 0 Å². The van der Waals surface area contributed by atoms with Gasteiger partial charge < -0.3 is 20.1 Å². The SMILES string of the molecule is CCCCC/C=C\C/C=C\CCCCCCCC(=O)OCC(O)COP(=O)(O)OCCNC(=O)CCCCCCCC. The number of hydrogen-bond donors (Lipinski definition) is 3. The second-order valence-corrected chi connectivity index (χ2v) is 12.2. The lowest BCUT2D eigenvalue weighted by Gasteiger charge is -2.15. The maximum Gasteiger partial charge on any atom is 0.472 e. The van der Waals surface area contributed by atoms with Crippen LogP contribution in [0.5, 0.6) is 0 Å². The number of carbonyl (C=O) groups excluding carboxylic acids is 2. The van der Waals surface area contributed by atoms with E-state index in [1.54, 1.807) is 0 Å². The minimum Gasteiger partial charge on any atom is -0.463 e. The Morgan fingerprint density at radius 3 is 1.95 bits per heavy atom. The summed E-state index contributed by atoms with van der Waals surface area (Å²) in [5, 5.41) is 12.5. The Kier molecular flexibility index (Phi) is 28.5. The molecule has 0 saturated carbocycles. The first-order valence-electron chi connectivity index (χ1n) is 16.3. The molecule has 42 heavy (non-hydrogen) atoms. The van der Waals surface area contributed by atoms with Gasteiger partial charge in [-0.1, -0.05) is 102 Å². The van der Waals surface area contributed by atoms with Gasteiger partial charge in [0.1, 0.15) is 12.7 Å². The number of unbranched alkanes of at least 4 members (excludes halogenated alkanes) is 13. The molecule has 0 saturated heterocycles. The molecule has 0 fully saturated rings. The summed E-state index contributed by atoms with van der Waals surface area (Å²) in [5.41, 5.74) is 0. The maximum absolute atomic E-state index is 11.9. The van der Waals surface area contributed by atoms with Crippen molar-refractivity contribution in [2.75, 3.05) is 26.4 Å². The van der Waals surface area contributed by atoms with Crippen molar-refractivity contribution >= 4 is 19.7 Å². The van der Waals surface area contributed by atoms with Gasteiger partial charge in [-0.2, -0.15) is 0 Å². The van der Waals surface area contributed by atoms with Crippen molar-refractivity contribution in [3.8, 4) is 0 Å². The molecule has 2 unspecified atom stereocenters. The maximum atomic E-state index is 11.9. The summed E-state index contributed by atoms with van der Waals surface area (Å²) in [6, 6.07) is 0. The molecule has 0 aromatic heterocycles. The lowest BCUT2D eigenvalue weighted by molar-refractivity contribution is -0.147. The van der Waals surface area contributed by atoms with Crippen molar-refractivity contribution in [1.82, 2.24) is 5.32 Å². The lowest BCUT2D eigenvalue weighted by Crippen LogP contribution is -2.27. The van der Waals surface area contributed by atoms with Crippen LogP contribution in [0.25, 0.3) is 0 Å². The van der Waals surface area contributed by atoms with Crippen molar-refractivity contribution in [2.45, 2.75) is 142 Å². The summed E-state index contributed by atoms with van der Waals surface area (Å²) < 4.78 is 26.5. The predicted octanol–water partition coefficient (Wildman–Crippen LogP) is 7.70. The molecule has 0 aromatic carbocycles. The van der Waals surface area contributed by atoms with Crippen molar-refractivity contribution < 1.29 is 37.9 Å². The molecule has 0 aliphatic rings. The minimum absolute atomic E-state index is 0.0803. The molecule has 9 nitrogen and oxygen atoms in total. The molecule has 0 heterocycles. The Morgan fingerprint density at radius 1 is 0.738 bits per heavy atom. The Labute approximate surface area is 255 Å². The van der Waals surface area contributed by atoms with Gasteiger partial charge in [0.05, 0.1) is 13.2 Å². The third-order valence-electron chi connectivity index (χ3n) is 6.63. The van der Waals surface area contributed by atoms with Gasteiger partial charge in [-0.05, 0) is 44.9 Å². The fourth-order valence-corrected chi connectivity index (χ4v) is 4.87.